The van der Waals surface area contributed by atoms with Crippen LogP contribution < -0.4 is 11.4 Å². The number of phenols is 1. The van der Waals surface area contributed by atoms with E-state index in [4.69, 9.17) is 20.0 Å². The fourth-order valence-electron chi connectivity index (χ4n) is 5.89. The van der Waals surface area contributed by atoms with Gasteiger partial charge in [0.2, 0.25) is 0 Å². The molecule has 1 aliphatic rings. The van der Waals surface area contributed by atoms with E-state index >= 15 is 0 Å². The zero-order valence-corrected chi connectivity index (χ0v) is 23.9. The van der Waals surface area contributed by atoms with Gasteiger partial charge in [0.25, 0.3) is 0 Å². The van der Waals surface area contributed by atoms with Crippen LogP contribution >= 0.6 is 0 Å². The van der Waals surface area contributed by atoms with Crippen LogP contribution in [0.3, 0.4) is 0 Å². The maximum absolute atomic E-state index is 14.3. The zero-order chi connectivity index (χ0) is 30.4. The van der Waals surface area contributed by atoms with Crippen LogP contribution in [0.25, 0.3) is 44.2 Å². The van der Waals surface area contributed by atoms with Crippen LogP contribution in [0, 0.1) is 5.82 Å². The molecule has 10 nitrogen and oxygen atoms in total. The molecular formula is C33H29FN6O4. The summed E-state index contributed by atoms with van der Waals surface area (Å²) in [4.78, 5) is 24.2. The molecule has 1 unspecified atom stereocenters. The molecule has 1 atom stereocenters. The number of nitrogen functional groups attached to an aromatic ring is 1. The molecule has 7 rings (SSSR count). The van der Waals surface area contributed by atoms with Gasteiger partial charge in [-0.1, -0.05) is 42.5 Å². The van der Waals surface area contributed by atoms with Gasteiger partial charge in [-0.25, -0.2) is 23.8 Å². The fourth-order valence-corrected chi connectivity index (χ4v) is 5.89. The van der Waals surface area contributed by atoms with E-state index < -0.39 is 17.5 Å². The molecule has 3 aromatic carbocycles. The number of rotatable bonds is 6. The van der Waals surface area contributed by atoms with Crippen molar-refractivity contribution in [1.29, 1.82) is 0 Å². The maximum Gasteiger partial charge on any atom is 0.343 e. The zero-order valence-electron chi connectivity index (χ0n) is 23.9. The van der Waals surface area contributed by atoms with Gasteiger partial charge in [0.1, 0.15) is 41.2 Å². The Hall–Kier alpha value is -5.13. The van der Waals surface area contributed by atoms with Gasteiger partial charge < -0.3 is 20.0 Å². The second kappa shape index (κ2) is 11.2. The minimum absolute atomic E-state index is 0.142. The van der Waals surface area contributed by atoms with Crippen molar-refractivity contribution < 1.29 is 18.7 Å². The molecule has 1 fully saturated rings. The number of aromatic hydroxyl groups is 1. The van der Waals surface area contributed by atoms with E-state index in [0.717, 1.165) is 55.4 Å². The lowest BCUT2D eigenvalue weighted by atomic mass is 9.95. The molecule has 0 radical (unpaired) electrons. The van der Waals surface area contributed by atoms with Crippen molar-refractivity contribution in [2.75, 3.05) is 32.0 Å². The molecule has 44 heavy (non-hydrogen) atoms. The third-order valence-corrected chi connectivity index (χ3v) is 8.04. The predicted molar refractivity (Wildman–Crippen MR) is 165 cm³/mol. The maximum atomic E-state index is 14.3. The number of morpholine rings is 1. The Morgan fingerprint density at radius 2 is 1.75 bits per heavy atom. The van der Waals surface area contributed by atoms with E-state index in [1.165, 1.54) is 24.0 Å². The Bertz CT molecular complexity index is 2050. The Labute approximate surface area is 251 Å². The first kappa shape index (κ1) is 27.7. The second-order valence-electron chi connectivity index (χ2n) is 10.9. The number of halogens is 1. The van der Waals surface area contributed by atoms with Crippen LogP contribution in [0.1, 0.15) is 24.3 Å². The van der Waals surface area contributed by atoms with E-state index in [2.05, 4.69) is 27.0 Å². The summed E-state index contributed by atoms with van der Waals surface area (Å²) in [6, 6.07) is 18.6. The van der Waals surface area contributed by atoms with Gasteiger partial charge in [-0.15, -0.1) is 0 Å². The van der Waals surface area contributed by atoms with Crippen molar-refractivity contribution in [3.8, 4) is 28.1 Å². The number of anilines is 1. The van der Waals surface area contributed by atoms with Crippen molar-refractivity contribution >= 4 is 27.6 Å². The molecule has 0 saturated carbocycles. The van der Waals surface area contributed by atoms with Gasteiger partial charge in [0, 0.05) is 42.2 Å². The minimum atomic E-state index is -0.650. The molecule has 4 heterocycles. The highest BCUT2D eigenvalue weighted by Gasteiger charge is 2.27. The number of nitrogens with zero attached hydrogens (tertiary/aromatic N) is 5. The number of fused-ring (bicyclic) bond motifs is 2. The lowest BCUT2D eigenvalue weighted by Crippen LogP contribution is -2.35. The first-order valence-corrected chi connectivity index (χ1v) is 14.3. The van der Waals surface area contributed by atoms with E-state index in [1.807, 2.05) is 31.2 Å². The number of phenolic OH excluding ortho intramolecular Hbond substituents is 1. The molecule has 1 saturated heterocycles. The number of nitrogens with two attached hydrogens (primary N) is 1. The summed E-state index contributed by atoms with van der Waals surface area (Å²) in [5, 5.41) is 16.5. The minimum Gasteiger partial charge on any atom is -0.508 e. The van der Waals surface area contributed by atoms with Crippen LogP contribution in [0.2, 0.25) is 0 Å². The summed E-state index contributed by atoms with van der Waals surface area (Å²) < 4.78 is 27.5. The Morgan fingerprint density at radius 1 is 1.00 bits per heavy atom. The third-order valence-electron chi connectivity index (χ3n) is 8.04. The predicted octanol–water partition coefficient (Wildman–Crippen LogP) is 5.14. The van der Waals surface area contributed by atoms with Crippen molar-refractivity contribution in [1.82, 2.24) is 24.6 Å². The Balaban J connectivity index is 1.39. The van der Waals surface area contributed by atoms with Crippen LogP contribution in [-0.2, 0) is 11.3 Å². The largest absolute Gasteiger partial charge is 0.508 e. The summed E-state index contributed by atoms with van der Waals surface area (Å²) in [5.74, 6) is -0.370. The monoisotopic (exact) mass is 592 g/mol. The van der Waals surface area contributed by atoms with E-state index in [9.17, 15) is 14.3 Å². The number of benzene rings is 3. The highest BCUT2D eigenvalue weighted by molar-refractivity contribution is 5.99. The third kappa shape index (κ3) is 4.95. The summed E-state index contributed by atoms with van der Waals surface area (Å²) >= 11 is 0. The molecule has 3 aromatic heterocycles. The second-order valence-corrected chi connectivity index (χ2v) is 10.9. The lowest BCUT2D eigenvalue weighted by molar-refractivity contribution is 0.0342. The normalized spacial score (nSPS) is 14.8. The van der Waals surface area contributed by atoms with Gasteiger partial charge in [-0.05, 0) is 36.2 Å². The highest BCUT2D eigenvalue weighted by atomic mass is 19.1. The smallest absolute Gasteiger partial charge is 0.343 e. The number of aromatic nitrogens is 4. The van der Waals surface area contributed by atoms with Gasteiger partial charge in [-0.3, -0.25) is 4.90 Å². The molecule has 0 spiro atoms. The van der Waals surface area contributed by atoms with Crippen molar-refractivity contribution in [3.63, 3.8) is 0 Å². The van der Waals surface area contributed by atoms with E-state index in [1.54, 1.807) is 16.8 Å². The van der Waals surface area contributed by atoms with Gasteiger partial charge in [-0.2, -0.15) is 5.10 Å². The quantitative estimate of drug-likeness (QED) is 0.270. The molecule has 0 bridgehead atoms. The van der Waals surface area contributed by atoms with Crippen LogP contribution in [0.4, 0.5) is 10.2 Å². The first-order valence-electron chi connectivity index (χ1n) is 14.3. The van der Waals surface area contributed by atoms with Gasteiger partial charge in [0.05, 0.1) is 24.0 Å². The first-order chi connectivity index (χ1) is 21.4. The topological polar surface area (TPSA) is 133 Å². The number of hydrogen-bond acceptors (Lipinski definition) is 9. The number of hydrogen-bond donors (Lipinski definition) is 2. The van der Waals surface area contributed by atoms with E-state index in [-0.39, 0.29) is 17.3 Å². The molecule has 11 heteroatoms. The lowest BCUT2D eigenvalue weighted by Gasteiger charge is -2.26. The fraction of sp³-hybridized carbons (Fsp3) is 0.212. The molecule has 222 valence electrons. The Kier molecular flexibility index (Phi) is 7.03. The summed E-state index contributed by atoms with van der Waals surface area (Å²) in [6.45, 7) is 5.91. The molecular weight excluding hydrogens is 563 g/mol. The average molecular weight is 593 g/mol. The highest BCUT2D eigenvalue weighted by Crippen LogP contribution is 2.39. The molecule has 3 N–H and O–H groups in total. The van der Waals surface area contributed by atoms with Crippen LogP contribution in [0.5, 0.6) is 5.75 Å². The van der Waals surface area contributed by atoms with Crippen molar-refractivity contribution in [2.24, 2.45) is 0 Å². The number of ether oxygens (including phenoxy) is 1. The van der Waals surface area contributed by atoms with Crippen molar-refractivity contribution in [3.05, 3.63) is 101 Å². The summed E-state index contributed by atoms with van der Waals surface area (Å²) in [5.41, 5.74) is 9.55. The Morgan fingerprint density at radius 3 is 2.50 bits per heavy atom. The average Bonchev–Trinajstić information content (AvgIpc) is 3.42. The molecule has 1 aliphatic heterocycles. The van der Waals surface area contributed by atoms with Crippen molar-refractivity contribution in [2.45, 2.75) is 19.5 Å². The van der Waals surface area contributed by atoms with Crippen LogP contribution in [0.15, 0.2) is 82.3 Å². The summed E-state index contributed by atoms with van der Waals surface area (Å²) in [6.07, 6.45) is 1.32. The van der Waals surface area contributed by atoms with E-state index in [0.29, 0.717) is 27.7 Å². The summed E-state index contributed by atoms with van der Waals surface area (Å²) in [7, 11) is 0. The van der Waals surface area contributed by atoms with Crippen LogP contribution in [-0.4, -0.2) is 56.1 Å². The molecule has 6 aromatic rings. The SMILES string of the molecule is CC(c1oc(=O)c2ccccc2c1-c1ccc(CN2CCOCC2)cc1)n1nc(-c2cc(O)cc(F)c2)c2c(N)ncnc21. The van der Waals surface area contributed by atoms with Gasteiger partial charge >= 0.3 is 5.63 Å². The standard InChI is InChI=1S/C33H29FN6O4/c1-19(40-32-28(31(35)36-18-37-32)29(38-40)22-14-23(34)16-24(41)15-22)30-27(25-4-2-3-5-26(25)33(42)44-30)21-8-6-20(7-9-21)17-39-10-12-43-13-11-39/h2-9,14-16,18-19,41H,10-13,17H2,1H3,(H2,35,36,37). The van der Waals surface area contributed by atoms with Gasteiger partial charge in [0.15, 0.2) is 5.65 Å². The molecule has 0 amide bonds. The molecule has 0 aliphatic carbocycles.